The summed E-state index contributed by atoms with van der Waals surface area (Å²) in [5, 5.41) is 0. The van der Waals surface area contributed by atoms with Gasteiger partial charge in [-0.15, -0.1) is 0 Å². The van der Waals surface area contributed by atoms with Crippen molar-refractivity contribution in [3.8, 4) is 0 Å². The van der Waals surface area contributed by atoms with E-state index in [9.17, 15) is 4.79 Å². The minimum Gasteiger partial charge on any atom is -0.294 e. The van der Waals surface area contributed by atoms with Gasteiger partial charge in [-0.05, 0) is 25.7 Å². The summed E-state index contributed by atoms with van der Waals surface area (Å²) in [5.74, 6) is 0.359. The maximum Gasteiger partial charge on any atom is 0.163 e. The van der Waals surface area contributed by atoms with Crippen LogP contribution in [-0.4, -0.2) is 5.78 Å². The lowest BCUT2D eigenvalue weighted by Gasteiger charge is -1.96. The maximum absolute atomic E-state index is 11.3. The van der Waals surface area contributed by atoms with Crippen molar-refractivity contribution in [2.24, 2.45) is 0 Å². The molecule has 0 saturated heterocycles. The number of carbonyl (C=O) groups is 1. The quantitative estimate of drug-likeness (QED) is 0.515. The van der Waals surface area contributed by atoms with Crippen molar-refractivity contribution in [2.45, 2.75) is 32.1 Å². The molecule has 2 aliphatic rings. The van der Waals surface area contributed by atoms with Crippen molar-refractivity contribution >= 4 is 5.78 Å². The second-order valence-corrected chi connectivity index (χ2v) is 3.24. The van der Waals surface area contributed by atoms with E-state index in [1.807, 2.05) is 6.08 Å². The third-order valence-electron chi connectivity index (χ3n) is 2.47. The van der Waals surface area contributed by atoms with Crippen LogP contribution in [0.1, 0.15) is 32.1 Å². The molecule has 0 aromatic rings. The standard InChI is InChI=1S/C10H12O/c11-10-7-6-8-4-2-1-3-5-9(8)10/h3,5H,1-2,4,6-7H2. The molecule has 0 fully saturated rings. The monoisotopic (exact) mass is 148 g/mol. The van der Waals surface area contributed by atoms with Crippen molar-refractivity contribution in [3.63, 3.8) is 0 Å². The van der Waals surface area contributed by atoms with Crippen LogP contribution < -0.4 is 0 Å². The molecule has 0 atom stereocenters. The molecule has 0 aliphatic heterocycles. The van der Waals surface area contributed by atoms with E-state index < -0.39 is 0 Å². The minimum atomic E-state index is 0.359. The average molecular weight is 148 g/mol. The lowest BCUT2D eigenvalue weighted by molar-refractivity contribution is -0.114. The number of ketones is 1. The molecule has 0 amide bonds. The van der Waals surface area contributed by atoms with Crippen molar-refractivity contribution < 1.29 is 4.79 Å². The van der Waals surface area contributed by atoms with Gasteiger partial charge < -0.3 is 0 Å². The van der Waals surface area contributed by atoms with Gasteiger partial charge in [-0.2, -0.15) is 0 Å². The molecular formula is C10H12O. The number of hydrogen-bond donors (Lipinski definition) is 0. The molecular weight excluding hydrogens is 136 g/mol. The van der Waals surface area contributed by atoms with Crippen molar-refractivity contribution in [2.75, 3.05) is 0 Å². The third kappa shape index (κ3) is 1.15. The molecule has 2 aliphatic carbocycles. The fourth-order valence-electron chi connectivity index (χ4n) is 1.84. The second-order valence-electron chi connectivity index (χ2n) is 3.24. The first-order chi connectivity index (χ1) is 5.38. The lowest BCUT2D eigenvalue weighted by Crippen LogP contribution is -1.91. The Hall–Kier alpha value is -0.850. The zero-order valence-corrected chi connectivity index (χ0v) is 6.60. The first kappa shape index (κ1) is 6.84. The molecule has 0 N–H and O–H groups in total. The molecule has 0 aromatic carbocycles. The first-order valence-electron chi connectivity index (χ1n) is 4.30. The number of rotatable bonds is 0. The second kappa shape index (κ2) is 2.65. The molecule has 0 spiro atoms. The predicted octanol–water partition coefficient (Wildman–Crippen LogP) is 2.39. The van der Waals surface area contributed by atoms with Crippen LogP contribution in [0.4, 0.5) is 0 Å². The van der Waals surface area contributed by atoms with Crippen LogP contribution in [0.3, 0.4) is 0 Å². The van der Waals surface area contributed by atoms with Crippen LogP contribution in [0, 0.1) is 0 Å². The van der Waals surface area contributed by atoms with Gasteiger partial charge in [0.1, 0.15) is 0 Å². The fraction of sp³-hybridized carbons (Fsp3) is 0.500. The highest BCUT2D eigenvalue weighted by atomic mass is 16.1. The normalized spacial score (nSPS) is 23.8. The lowest BCUT2D eigenvalue weighted by atomic mass is 10.1. The van der Waals surface area contributed by atoms with Gasteiger partial charge in [0.2, 0.25) is 0 Å². The van der Waals surface area contributed by atoms with Crippen molar-refractivity contribution in [3.05, 3.63) is 23.3 Å². The van der Waals surface area contributed by atoms with Crippen LogP contribution in [0.15, 0.2) is 23.3 Å². The summed E-state index contributed by atoms with van der Waals surface area (Å²) in [6.07, 6.45) is 9.45. The molecule has 0 heterocycles. The van der Waals surface area contributed by atoms with E-state index in [4.69, 9.17) is 0 Å². The summed E-state index contributed by atoms with van der Waals surface area (Å²) in [6, 6.07) is 0. The minimum absolute atomic E-state index is 0.359. The largest absolute Gasteiger partial charge is 0.294 e. The van der Waals surface area contributed by atoms with E-state index in [0.29, 0.717) is 5.78 Å². The van der Waals surface area contributed by atoms with Gasteiger partial charge in [-0.25, -0.2) is 0 Å². The van der Waals surface area contributed by atoms with Crippen LogP contribution in [0.25, 0.3) is 0 Å². The Morgan fingerprint density at radius 3 is 3.00 bits per heavy atom. The molecule has 2 rings (SSSR count). The SMILES string of the molecule is O=C1CCC2=C1C=CCCC2. The highest BCUT2D eigenvalue weighted by Crippen LogP contribution is 2.30. The predicted molar refractivity (Wildman–Crippen MR) is 44.3 cm³/mol. The van der Waals surface area contributed by atoms with Crippen LogP contribution in [0.5, 0.6) is 0 Å². The van der Waals surface area contributed by atoms with Gasteiger partial charge in [-0.3, -0.25) is 4.79 Å². The van der Waals surface area contributed by atoms with Crippen LogP contribution in [0.2, 0.25) is 0 Å². The molecule has 0 radical (unpaired) electrons. The third-order valence-corrected chi connectivity index (χ3v) is 2.47. The molecule has 0 saturated carbocycles. The maximum atomic E-state index is 11.3. The highest BCUT2D eigenvalue weighted by Gasteiger charge is 2.20. The summed E-state index contributed by atoms with van der Waals surface area (Å²) in [7, 11) is 0. The van der Waals surface area contributed by atoms with E-state index >= 15 is 0 Å². The zero-order valence-electron chi connectivity index (χ0n) is 6.60. The molecule has 1 heteroatoms. The van der Waals surface area contributed by atoms with Crippen LogP contribution in [-0.2, 0) is 4.79 Å². The number of carbonyl (C=O) groups excluding carboxylic acids is 1. The zero-order chi connectivity index (χ0) is 7.68. The fourth-order valence-corrected chi connectivity index (χ4v) is 1.84. The van der Waals surface area contributed by atoms with Gasteiger partial charge >= 0.3 is 0 Å². The molecule has 0 unspecified atom stereocenters. The summed E-state index contributed by atoms with van der Waals surface area (Å²) < 4.78 is 0. The molecule has 0 bridgehead atoms. The number of allylic oxidation sites excluding steroid dienone is 4. The van der Waals surface area contributed by atoms with E-state index in [0.717, 1.165) is 31.3 Å². The average Bonchev–Trinajstić information content (AvgIpc) is 2.25. The highest BCUT2D eigenvalue weighted by molar-refractivity contribution is 6.01. The van der Waals surface area contributed by atoms with E-state index in [1.54, 1.807) is 0 Å². The van der Waals surface area contributed by atoms with Gasteiger partial charge in [0, 0.05) is 12.0 Å². The van der Waals surface area contributed by atoms with Crippen LogP contribution >= 0.6 is 0 Å². The smallest absolute Gasteiger partial charge is 0.163 e. The van der Waals surface area contributed by atoms with Gasteiger partial charge in [0.15, 0.2) is 5.78 Å². The van der Waals surface area contributed by atoms with E-state index in [1.165, 1.54) is 12.0 Å². The molecule has 1 nitrogen and oxygen atoms in total. The van der Waals surface area contributed by atoms with Gasteiger partial charge in [0.25, 0.3) is 0 Å². The summed E-state index contributed by atoms with van der Waals surface area (Å²) >= 11 is 0. The van der Waals surface area contributed by atoms with Gasteiger partial charge in [0.05, 0.1) is 0 Å². The Labute approximate surface area is 66.8 Å². The Bertz CT molecular complexity index is 246. The van der Waals surface area contributed by atoms with Crippen molar-refractivity contribution in [1.82, 2.24) is 0 Å². The Kier molecular flexibility index (Phi) is 1.65. The molecule has 58 valence electrons. The Balaban J connectivity index is 2.33. The molecule has 11 heavy (non-hydrogen) atoms. The summed E-state index contributed by atoms with van der Waals surface area (Å²) in [5.41, 5.74) is 2.44. The Morgan fingerprint density at radius 1 is 1.18 bits per heavy atom. The first-order valence-corrected chi connectivity index (χ1v) is 4.30. The van der Waals surface area contributed by atoms with E-state index in [2.05, 4.69) is 6.08 Å². The molecule has 0 aromatic heterocycles. The summed E-state index contributed by atoms with van der Waals surface area (Å²) in [6.45, 7) is 0. The van der Waals surface area contributed by atoms with Crippen molar-refractivity contribution in [1.29, 1.82) is 0 Å². The number of Topliss-reactive ketones (excluding diaryl/α,β-unsaturated/α-hetero) is 1. The Morgan fingerprint density at radius 2 is 2.09 bits per heavy atom. The van der Waals surface area contributed by atoms with Gasteiger partial charge in [-0.1, -0.05) is 17.7 Å². The van der Waals surface area contributed by atoms with E-state index in [-0.39, 0.29) is 0 Å². The number of hydrogen-bond acceptors (Lipinski definition) is 1. The summed E-state index contributed by atoms with van der Waals surface area (Å²) in [4.78, 5) is 11.3. The topological polar surface area (TPSA) is 17.1 Å².